The minimum atomic E-state index is -0.678. The first-order valence-corrected chi connectivity index (χ1v) is 8.34. The molecule has 1 rings (SSSR count). The van der Waals surface area contributed by atoms with Gasteiger partial charge in [0.1, 0.15) is 0 Å². The zero-order valence-electron chi connectivity index (χ0n) is 13.7. The minimum absolute atomic E-state index is 0.458. The van der Waals surface area contributed by atoms with E-state index in [1.54, 1.807) is 6.08 Å². The first-order chi connectivity index (χ1) is 11.4. The second-order valence-corrected chi connectivity index (χ2v) is 6.39. The van der Waals surface area contributed by atoms with Crippen LogP contribution in [0, 0.1) is 5.92 Å². The van der Waals surface area contributed by atoms with Gasteiger partial charge in [-0.2, -0.15) is 0 Å². The molecule has 0 radical (unpaired) electrons. The van der Waals surface area contributed by atoms with Crippen molar-refractivity contribution in [2.45, 2.75) is 20.3 Å². The first-order valence-electron chi connectivity index (χ1n) is 7.55. The summed E-state index contributed by atoms with van der Waals surface area (Å²) in [6, 6.07) is 6.73. The van der Waals surface area contributed by atoms with Gasteiger partial charge in [0.2, 0.25) is 0 Å². The molecule has 0 bridgehead atoms. The van der Waals surface area contributed by atoms with Crippen LogP contribution < -0.4 is 10.6 Å². The van der Waals surface area contributed by atoms with Crippen molar-refractivity contribution in [3.05, 3.63) is 40.4 Å². The quantitative estimate of drug-likeness (QED) is 0.548. The lowest BCUT2D eigenvalue weighted by Gasteiger charge is -2.08. The van der Waals surface area contributed by atoms with Crippen LogP contribution in [0.15, 0.2) is 34.8 Å². The maximum atomic E-state index is 11.5. The molecule has 6 nitrogen and oxygen atoms in total. The van der Waals surface area contributed by atoms with E-state index < -0.39 is 24.5 Å². The normalized spacial score (nSPS) is 10.7. The number of ether oxygens (including phenoxy) is 1. The van der Waals surface area contributed by atoms with Crippen LogP contribution in [0.1, 0.15) is 25.8 Å². The van der Waals surface area contributed by atoms with E-state index in [2.05, 4.69) is 26.6 Å². The molecular weight excluding hydrogens is 376 g/mol. The van der Waals surface area contributed by atoms with Crippen LogP contribution in [-0.4, -0.2) is 31.1 Å². The molecule has 0 saturated carbocycles. The second kappa shape index (κ2) is 10.6. The first kappa shape index (κ1) is 19.9. The van der Waals surface area contributed by atoms with Crippen molar-refractivity contribution >= 4 is 39.9 Å². The number of urea groups is 1. The molecule has 0 aromatic heterocycles. The van der Waals surface area contributed by atoms with E-state index in [1.807, 2.05) is 38.1 Å². The number of amides is 3. The van der Waals surface area contributed by atoms with Crippen molar-refractivity contribution in [2.24, 2.45) is 5.92 Å². The third-order valence-electron chi connectivity index (χ3n) is 2.89. The predicted octanol–water partition coefficient (Wildman–Crippen LogP) is 2.88. The fourth-order valence-electron chi connectivity index (χ4n) is 1.60. The van der Waals surface area contributed by atoms with E-state index in [4.69, 9.17) is 4.74 Å². The van der Waals surface area contributed by atoms with Crippen LogP contribution in [-0.2, 0) is 14.3 Å². The molecule has 0 aliphatic carbocycles. The summed E-state index contributed by atoms with van der Waals surface area (Å²) >= 11 is 3.32. The summed E-state index contributed by atoms with van der Waals surface area (Å²) < 4.78 is 5.70. The third kappa shape index (κ3) is 9.09. The number of nitrogens with one attached hydrogen (secondary N) is 2. The van der Waals surface area contributed by atoms with Crippen molar-refractivity contribution in [2.75, 3.05) is 13.2 Å². The Labute approximate surface area is 149 Å². The Bertz CT molecular complexity index is 597. The molecule has 0 unspecified atom stereocenters. The predicted molar refractivity (Wildman–Crippen MR) is 95.1 cm³/mol. The van der Waals surface area contributed by atoms with Crippen LogP contribution in [0.25, 0.3) is 6.08 Å². The van der Waals surface area contributed by atoms with Gasteiger partial charge in [-0.3, -0.25) is 10.1 Å². The summed E-state index contributed by atoms with van der Waals surface area (Å²) in [5, 5.41) is 4.65. The van der Waals surface area contributed by atoms with Gasteiger partial charge in [-0.1, -0.05) is 41.9 Å². The maximum absolute atomic E-state index is 11.5. The molecule has 0 spiro atoms. The van der Waals surface area contributed by atoms with Gasteiger partial charge in [0.05, 0.1) is 0 Å². The summed E-state index contributed by atoms with van der Waals surface area (Å²) in [4.78, 5) is 34.4. The summed E-state index contributed by atoms with van der Waals surface area (Å²) in [7, 11) is 0. The fraction of sp³-hybridized carbons (Fsp3) is 0.353. The molecule has 2 N–H and O–H groups in total. The highest BCUT2D eigenvalue weighted by atomic mass is 79.9. The van der Waals surface area contributed by atoms with Gasteiger partial charge >= 0.3 is 12.0 Å². The van der Waals surface area contributed by atoms with Crippen molar-refractivity contribution in [3.8, 4) is 0 Å². The Hall–Kier alpha value is -2.15. The largest absolute Gasteiger partial charge is 0.452 e. The molecule has 0 aliphatic heterocycles. The van der Waals surface area contributed by atoms with Crippen LogP contribution in [0.2, 0.25) is 0 Å². The Morgan fingerprint density at radius 1 is 1.21 bits per heavy atom. The molecule has 1 aromatic carbocycles. The lowest BCUT2D eigenvalue weighted by atomic mass is 10.1. The molecule has 130 valence electrons. The van der Waals surface area contributed by atoms with E-state index in [-0.39, 0.29) is 0 Å². The van der Waals surface area contributed by atoms with E-state index in [0.717, 1.165) is 16.5 Å². The monoisotopic (exact) mass is 396 g/mol. The Morgan fingerprint density at radius 3 is 2.50 bits per heavy atom. The van der Waals surface area contributed by atoms with E-state index in [0.29, 0.717) is 12.5 Å². The molecule has 24 heavy (non-hydrogen) atoms. The highest BCUT2D eigenvalue weighted by molar-refractivity contribution is 9.10. The Balaban J connectivity index is 2.26. The molecule has 0 fully saturated rings. The SMILES string of the molecule is CC(C)CCNC(=O)NC(=O)COC(=O)/C=C/c1ccc(Br)cc1. The molecule has 0 atom stereocenters. The van der Waals surface area contributed by atoms with E-state index in [9.17, 15) is 14.4 Å². The van der Waals surface area contributed by atoms with E-state index in [1.165, 1.54) is 6.08 Å². The third-order valence-corrected chi connectivity index (χ3v) is 3.42. The lowest BCUT2D eigenvalue weighted by Crippen LogP contribution is -2.41. The van der Waals surface area contributed by atoms with Gasteiger partial charge in [0.25, 0.3) is 5.91 Å². The Morgan fingerprint density at radius 2 is 1.88 bits per heavy atom. The molecule has 1 aromatic rings. The van der Waals surface area contributed by atoms with Crippen molar-refractivity contribution in [1.29, 1.82) is 0 Å². The van der Waals surface area contributed by atoms with Crippen LogP contribution in [0.3, 0.4) is 0 Å². The number of hydrogen-bond acceptors (Lipinski definition) is 4. The standard InChI is InChI=1S/C17H21BrN2O4/c1-12(2)9-10-19-17(23)20-15(21)11-24-16(22)8-5-13-3-6-14(18)7-4-13/h3-8,12H,9-11H2,1-2H3,(H2,19,20,21,23)/b8-5+. The number of benzene rings is 1. The number of esters is 1. The van der Waals surface area contributed by atoms with Gasteiger partial charge in [0, 0.05) is 17.1 Å². The molecular formula is C17H21BrN2O4. The summed E-state index contributed by atoms with van der Waals surface area (Å²) in [6.07, 6.45) is 3.61. The number of carbonyl (C=O) groups is 3. The summed E-state index contributed by atoms with van der Waals surface area (Å²) in [6.45, 7) is 4.03. The maximum Gasteiger partial charge on any atom is 0.331 e. The molecule has 0 heterocycles. The molecule has 0 aliphatic rings. The smallest absolute Gasteiger partial charge is 0.331 e. The number of imide groups is 1. The zero-order chi connectivity index (χ0) is 17.9. The van der Waals surface area contributed by atoms with Gasteiger partial charge in [-0.25, -0.2) is 9.59 Å². The van der Waals surface area contributed by atoms with Crippen LogP contribution >= 0.6 is 15.9 Å². The van der Waals surface area contributed by atoms with Gasteiger partial charge in [-0.15, -0.1) is 0 Å². The van der Waals surface area contributed by atoms with Crippen molar-refractivity contribution < 1.29 is 19.1 Å². The summed E-state index contributed by atoms with van der Waals surface area (Å²) in [5.41, 5.74) is 0.823. The highest BCUT2D eigenvalue weighted by Gasteiger charge is 2.09. The number of hydrogen-bond donors (Lipinski definition) is 2. The molecule has 0 saturated heterocycles. The fourth-order valence-corrected chi connectivity index (χ4v) is 1.87. The number of carbonyl (C=O) groups excluding carboxylic acids is 3. The van der Waals surface area contributed by atoms with Gasteiger partial charge in [-0.05, 0) is 36.1 Å². The molecule has 7 heteroatoms. The van der Waals surface area contributed by atoms with Gasteiger partial charge in [0.15, 0.2) is 6.61 Å². The lowest BCUT2D eigenvalue weighted by molar-refractivity contribution is -0.143. The highest BCUT2D eigenvalue weighted by Crippen LogP contribution is 2.11. The Kier molecular flexibility index (Phi) is 8.78. The average Bonchev–Trinajstić information content (AvgIpc) is 2.52. The topological polar surface area (TPSA) is 84.5 Å². The van der Waals surface area contributed by atoms with Crippen molar-refractivity contribution in [3.63, 3.8) is 0 Å². The van der Waals surface area contributed by atoms with Gasteiger partial charge < -0.3 is 10.1 Å². The molecule has 3 amide bonds. The van der Waals surface area contributed by atoms with E-state index >= 15 is 0 Å². The van der Waals surface area contributed by atoms with Crippen LogP contribution in [0.5, 0.6) is 0 Å². The number of halogens is 1. The minimum Gasteiger partial charge on any atom is -0.452 e. The van der Waals surface area contributed by atoms with Crippen molar-refractivity contribution in [1.82, 2.24) is 10.6 Å². The number of rotatable bonds is 7. The second-order valence-electron chi connectivity index (χ2n) is 5.48. The average molecular weight is 397 g/mol. The zero-order valence-corrected chi connectivity index (χ0v) is 15.3. The summed E-state index contributed by atoms with van der Waals surface area (Å²) in [5.74, 6) is -0.879. The van der Waals surface area contributed by atoms with Crippen LogP contribution in [0.4, 0.5) is 4.79 Å².